The van der Waals surface area contributed by atoms with E-state index in [-0.39, 0.29) is 10.3 Å². The molecule has 0 bridgehead atoms. The van der Waals surface area contributed by atoms with Crippen molar-refractivity contribution >= 4 is 27.0 Å². The van der Waals surface area contributed by atoms with Crippen LogP contribution < -0.4 is 19.7 Å². The molecule has 0 aliphatic carbocycles. The summed E-state index contributed by atoms with van der Waals surface area (Å²) in [6, 6.07) is 11.0. The lowest BCUT2D eigenvalue weighted by atomic mass is 10.2. The molecule has 1 saturated heterocycles. The van der Waals surface area contributed by atoms with E-state index < -0.39 is 10.0 Å². The van der Waals surface area contributed by atoms with E-state index in [2.05, 4.69) is 21.0 Å². The number of rotatable bonds is 6. The highest BCUT2D eigenvalue weighted by Crippen LogP contribution is 2.33. The topological polar surface area (TPSA) is 70.7 Å². The molecule has 0 amide bonds. The first-order valence-corrected chi connectivity index (χ1v) is 10.6. The van der Waals surface area contributed by atoms with Gasteiger partial charge in [0.1, 0.15) is 9.96 Å². The third-order valence-electron chi connectivity index (χ3n) is 3.73. The Morgan fingerprint density at radius 2 is 1.96 bits per heavy atom. The van der Waals surface area contributed by atoms with Gasteiger partial charge in [-0.1, -0.05) is 17.4 Å². The van der Waals surface area contributed by atoms with E-state index in [4.69, 9.17) is 4.74 Å². The molecule has 1 aromatic heterocycles. The van der Waals surface area contributed by atoms with E-state index in [1.165, 1.54) is 0 Å². The third-order valence-corrected chi connectivity index (χ3v) is 6.84. The summed E-state index contributed by atoms with van der Waals surface area (Å²) in [7, 11) is -3.48. The van der Waals surface area contributed by atoms with Crippen LogP contribution in [-0.4, -0.2) is 40.6 Å². The van der Waals surface area contributed by atoms with Gasteiger partial charge in [-0.2, -0.15) is 0 Å². The second-order valence-electron chi connectivity index (χ2n) is 6.19. The molecular weight excluding hydrogens is 358 g/mol. The average molecular weight is 382 g/mol. The molecule has 8 heteroatoms. The van der Waals surface area contributed by atoms with Gasteiger partial charge in [0.05, 0.1) is 0 Å². The van der Waals surface area contributed by atoms with Crippen molar-refractivity contribution in [3.8, 4) is 10.8 Å². The largest absolute Gasteiger partial charge is 0.447 e. The molecule has 136 valence electrons. The number of anilines is 1. The molecule has 0 radical (unpaired) electrons. The normalized spacial score (nSPS) is 15.6. The molecule has 6 nitrogen and oxygen atoms in total. The highest BCUT2D eigenvalue weighted by Gasteiger charge is 2.18. The first kappa shape index (κ1) is 18.2. The number of sulfonamides is 1. The summed E-state index contributed by atoms with van der Waals surface area (Å²) >= 11 is 1.12. The number of hydrogen-bond donors (Lipinski definition) is 2. The van der Waals surface area contributed by atoms with Gasteiger partial charge >= 0.3 is 0 Å². The van der Waals surface area contributed by atoms with Crippen LogP contribution >= 0.6 is 11.3 Å². The average Bonchev–Trinajstić information content (AvgIpc) is 3.04. The lowest BCUT2D eigenvalue weighted by Crippen LogP contribution is -2.43. The molecule has 0 saturated carbocycles. The Bertz CT molecular complexity index is 812. The van der Waals surface area contributed by atoms with Crippen LogP contribution in [-0.2, 0) is 10.0 Å². The van der Waals surface area contributed by atoms with Crippen LogP contribution in [0.2, 0.25) is 0 Å². The van der Waals surface area contributed by atoms with Crippen LogP contribution in [0.1, 0.15) is 13.8 Å². The number of hydrogen-bond acceptors (Lipinski definition) is 6. The van der Waals surface area contributed by atoms with Crippen molar-refractivity contribution in [3.05, 3.63) is 36.4 Å². The predicted octanol–water partition coefficient (Wildman–Crippen LogP) is 2.64. The Labute approximate surface area is 152 Å². The SMILES string of the molecule is CC(C)NS(=O)(=O)c1ccc(Oc2cccc(N3CCNCC3)c2)s1. The zero-order chi connectivity index (χ0) is 17.9. The zero-order valence-electron chi connectivity index (χ0n) is 14.4. The van der Waals surface area contributed by atoms with Gasteiger partial charge in [0.15, 0.2) is 5.06 Å². The minimum Gasteiger partial charge on any atom is -0.447 e. The highest BCUT2D eigenvalue weighted by molar-refractivity contribution is 7.91. The summed E-state index contributed by atoms with van der Waals surface area (Å²) in [5.41, 5.74) is 1.12. The summed E-state index contributed by atoms with van der Waals surface area (Å²) in [5, 5.41) is 3.89. The maximum absolute atomic E-state index is 12.2. The van der Waals surface area contributed by atoms with Gasteiger partial charge in [-0.05, 0) is 38.1 Å². The van der Waals surface area contributed by atoms with Crippen molar-refractivity contribution in [2.75, 3.05) is 31.1 Å². The highest BCUT2D eigenvalue weighted by atomic mass is 32.2. The Hall–Kier alpha value is -1.61. The van der Waals surface area contributed by atoms with Crippen molar-refractivity contribution in [1.82, 2.24) is 10.0 Å². The Balaban J connectivity index is 1.73. The van der Waals surface area contributed by atoms with Crippen molar-refractivity contribution in [1.29, 1.82) is 0 Å². The minimum atomic E-state index is -3.48. The maximum atomic E-state index is 12.2. The fraction of sp³-hybridized carbons (Fsp3) is 0.412. The smallest absolute Gasteiger partial charge is 0.250 e. The fourth-order valence-corrected chi connectivity index (χ4v) is 5.08. The van der Waals surface area contributed by atoms with Crippen LogP contribution in [0.25, 0.3) is 0 Å². The van der Waals surface area contributed by atoms with Gasteiger partial charge in [0, 0.05) is 44.0 Å². The molecule has 25 heavy (non-hydrogen) atoms. The minimum absolute atomic E-state index is 0.146. The zero-order valence-corrected chi connectivity index (χ0v) is 16.0. The van der Waals surface area contributed by atoms with Crippen molar-refractivity contribution in [3.63, 3.8) is 0 Å². The van der Waals surface area contributed by atoms with Gasteiger partial charge in [-0.25, -0.2) is 13.1 Å². The maximum Gasteiger partial charge on any atom is 0.250 e. The third kappa shape index (κ3) is 4.72. The lowest BCUT2D eigenvalue weighted by Gasteiger charge is -2.29. The van der Waals surface area contributed by atoms with Gasteiger partial charge in [0.25, 0.3) is 0 Å². The van der Waals surface area contributed by atoms with Gasteiger partial charge in [-0.3, -0.25) is 0 Å². The first-order valence-electron chi connectivity index (χ1n) is 8.30. The number of ether oxygens (including phenoxy) is 1. The molecule has 0 unspecified atom stereocenters. The van der Waals surface area contributed by atoms with Gasteiger partial charge in [0.2, 0.25) is 10.0 Å². The molecule has 2 heterocycles. The van der Waals surface area contributed by atoms with Crippen LogP contribution in [0.5, 0.6) is 10.8 Å². The summed E-state index contributed by atoms with van der Waals surface area (Å²) in [6.07, 6.45) is 0. The number of nitrogens with zero attached hydrogens (tertiary/aromatic N) is 1. The van der Waals surface area contributed by atoms with E-state index in [1.54, 1.807) is 26.0 Å². The van der Waals surface area contributed by atoms with Gasteiger partial charge < -0.3 is 15.0 Å². The van der Waals surface area contributed by atoms with E-state index >= 15 is 0 Å². The second kappa shape index (κ2) is 7.74. The Kier molecular flexibility index (Phi) is 5.63. The number of piperazine rings is 1. The molecule has 1 fully saturated rings. The van der Waals surface area contributed by atoms with Gasteiger partial charge in [-0.15, -0.1) is 0 Å². The number of thiophene rings is 1. The van der Waals surface area contributed by atoms with E-state index in [0.29, 0.717) is 10.8 Å². The molecule has 3 rings (SSSR count). The lowest BCUT2D eigenvalue weighted by molar-refractivity contribution is 0.496. The van der Waals surface area contributed by atoms with Crippen molar-refractivity contribution in [2.45, 2.75) is 24.1 Å². The quantitative estimate of drug-likeness (QED) is 0.805. The second-order valence-corrected chi connectivity index (χ2v) is 9.17. The predicted molar refractivity (Wildman–Crippen MR) is 101 cm³/mol. The van der Waals surface area contributed by atoms with E-state index in [9.17, 15) is 8.42 Å². The fourth-order valence-electron chi connectivity index (χ4n) is 2.65. The van der Waals surface area contributed by atoms with E-state index in [0.717, 1.165) is 43.2 Å². The van der Waals surface area contributed by atoms with E-state index in [1.807, 2.05) is 18.2 Å². The van der Waals surface area contributed by atoms with Crippen LogP contribution in [0.4, 0.5) is 5.69 Å². The Morgan fingerprint density at radius 1 is 1.20 bits per heavy atom. The molecule has 2 N–H and O–H groups in total. The van der Waals surface area contributed by atoms with Crippen molar-refractivity contribution < 1.29 is 13.2 Å². The molecule has 2 aromatic rings. The number of nitrogens with one attached hydrogen (secondary N) is 2. The summed E-state index contributed by atoms with van der Waals surface area (Å²) in [6.45, 7) is 7.46. The van der Waals surface area contributed by atoms with Crippen LogP contribution in [0.15, 0.2) is 40.6 Å². The molecule has 1 aliphatic rings. The summed E-state index contributed by atoms with van der Waals surface area (Å²) in [5.74, 6) is 0.707. The standard InChI is InChI=1S/C17H23N3O3S2/c1-13(2)19-25(21,22)17-7-6-16(24-17)23-15-5-3-4-14(12-15)20-10-8-18-9-11-20/h3-7,12-13,18-19H,8-11H2,1-2H3. The van der Waals surface area contributed by atoms with Crippen LogP contribution in [0, 0.1) is 0 Å². The number of benzene rings is 1. The summed E-state index contributed by atoms with van der Waals surface area (Å²) < 4.78 is 33.1. The Morgan fingerprint density at radius 3 is 2.68 bits per heavy atom. The molecule has 0 spiro atoms. The summed E-state index contributed by atoms with van der Waals surface area (Å²) in [4.78, 5) is 2.31. The first-order chi connectivity index (χ1) is 11.9. The molecule has 0 atom stereocenters. The molecule has 1 aromatic carbocycles. The molecule has 1 aliphatic heterocycles. The molecular formula is C17H23N3O3S2. The monoisotopic (exact) mass is 381 g/mol. The van der Waals surface area contributed by atoms with Crippen molar-refractivity contribution in [2.24, 2.45) is 0 Å². The van der Waals surface area contributed by atoms with Crippen LogP contribution in [0.3, 0.4) is 0 Å².